The van der Waals surface area contributed by atoms with E-state index in [0.717, 1.165) is 5.56 Å². The summed E-state index contributed by atoms with van der Waals surface area (Å²) in [4.78, 5) is 10.6. The minimum atomic E-state index is -0.476. The predicted molar refractivity (Wildman–Crippen MR) is 59.7 cm³/mol. The molecule has 0 radical (unpaired) electrons. The number of primary amides is 1. The molecule has 3 nitrogen and oxygen atoms in total. The predicted octanol–water partition coefficient (Wildman–Crippen LogP) is 1.02. The molecule has 0 aliphatic heterocycles. The first-order valence-corrected chi connectivity index (χ1v) is 4.26. The highest BCUT2D eigenvalue weighted by Gasteiger charge is 2.02. The van der Waals surface area contributed by atoms with Gasteiger partial charge in [-0.2, -0.15) is 0 Å². The van der Waals surface area contributed by atoms with Crippen LogP contribution in [0.25, 0.3) is 5.57 Å². The van der Waals surface area contributed by atoms with Crippen molar-refractivity contribution in [3.05, 3.63) is 42.5 Å². The van der Waals surface area contributed by atoms with Gasteiger partial charge in [-0.25, -0.2) is 0 Å². The summed E-state index contributed by atoms with van der Waals surface area (Å²) in [6, 6.07) is 9.14. The van der Waals surface area contributed by atoms with Crippen LogP contribution in [0.5, 0.6) is 0 Å². The van der Waals surface area contributed by atoms with Gasteiger partial charge < -0.3 is 11.1 Å². The number of benzene rings is 1. The van der Waals surface area contributed by atoms with Crippen LogP contribution < -0.4 is 11.1 Å². The maximum absolute atomic E-state index is 10.6. The van der Waals surface area contributed by atoms with E-state index in [1.807, 2.05) is 32.3 Å². The summed E-state index contributed by atoms with van der Waals surface area (Å²) >= 11 is 0. The van der Waals surface area contributed by atoms with Crippen LogP contribution in [0, 0.1) is 0 Å². The van der Waals surface area contributed by atoms with Gasteiger partial charge in [0.1, 0.15) is 0 Å². The molecule has 0 aromatic heterocycles. The number of nitrogens with two attached hydrogens (primary N) is 1. The van der Waals surface area contributed by atoms with Crippen molar-refractivity contribution in [1.29, 1.82) is 0 Å². The average molecular weight is 192 g/mol. The highest BCUT2D eigenvalue weighted by molar-refractivity contribution is 6.17. The van der Waals surface area contributed by atoms with E-state index in [1.54, 1.807) is 12.1 Å². The lowest BCUT2D eigenvalue weighted by molar-refractivity contribution is -0.112. The molecule has 1 amide bonds. The van der Waals surface area contributed by atoms with Crippen molar-refractivity contribution in [1.82, 2.24) is 5.32 Å². The Kier molecular flexibility index (Phi) is 6.07. The molecule has 0 aliphatic carbocycles. The fraction of sp³-hybridized carbons (Fsp3) is 0.182. The van der Waals surface area contributed by atoms with Gasteiger partial charge in [-0.05, 0) is 19.7 Å². The van der Waals surface area contributed by atoms with E-state index >= 15 is 0 Å². The number of hydrogen-bond donors (Lipinski definition) is 2. The summed E-state index contributed by atoms with van der Waals surface area (Å²) < 4.78 is 0. The fourth-order valence-electron chi connectivity index (χ4n) is 0.782. The molecule has 0 atom stereocenters. The normalized spacial score (nSPS) is 8.43. The monoisotopic (exact) mass is 192 g/mol. The molecule has 3 heteroatoms. The molecule has 1 aromatic carbocycles. The summed E-state index contributed by atoms with van der Waals surface area (Å²) in [5.41, 5.74) is 6.16. The van der Waals surface area contributed by atoms with Gasteiger partial charge in [0.25, 0.3) is 0 Å². The van der Waals surface area contributed by atoms with E-state index < -0.39 is 5.91 Å². The zero-order valence-electron chi connectivity index (χ0n) is 8.58. The summed E-state index contributed by atoms with van der Waals surface area (Å²) in [5, 5.41) is 2.75. The molecule has 0 saturated heterocycles. The highest BCUT2D eigenvalue weighted by atomic mass is 16.1. The molecule has 0 saturated carbocycles. The van der Waals surface area contributed by atoms with Crippen LogP contribution in [0.15, 0.2) is 36.9 Å². The smallest absolute Gasteiger partial charge is 0.248 e. The Hall–Kier alpha value is -1.61. The second kappa shape index (κ2) is 6.86. The van der Waals surface area contributed by atoms with Crippen LogP contribution in [-0.2, 0) is 4.79 Å². The number of nitrogens with one attached hydrogen (secondary N) is 1. The lowest BCUT2D eigenvalue weighted by Gasteiger charge is -1.98. The van der Waals surface area contributed by atoms with Crippen LogP contribution in [-0.4, -0.2) is 20.0 Å². The van der Waals surface area contributed by atoms with Gasteiger partial charge in [0.2, 0.25) is 5.91 Å². The first kappa shape index (κ1) is 12.4. The fourth-order valence-corrected chi connectivity index (χ4v) is 0.782. The largest absolute Gasteiger partial charge is 0.366 e. The summed E-state index contributed by atoms with van der Waals surface area (Å²) in [6.07, 6.45) is 0. The third kappa shape index (κ3) is 4.42. The number of rotatable bonds is 2. The van der Waals surface area contributed by atoms with Crippen molar-refractivity contribution in [2.24, 2.45) is 5.73 Å². The Morgan fingerprint density at radius 2 is 1.71 bits per heavy atom. The molecule has 0 aliphatic rings. The molecule has 76 valence electrons. The van der Waals surface area contributed by atoms with E-state index in [1.165, 1.54) is 0 Å². The van der Waals surface area contributed by atoms with Gasteiger partial charge in [0.05, 0.1) is 0 Å². The molecule has 0 heterocycles. The molecule has 14 heavy (non-hydrogen) atoms. The van der Waals surface area contributed by atoms with E-state index in [4.69, 9.17) is 5.73 Å². The minimum absolute atomic E-state index is 0.352. The average Bonchev–Trinajstić information content (AvgIpc) is 2.19. The van der Waals surface area contributed by atoms with Gasteiger partial charge in [-0.15, -0.1) is 0 Å². The van der Waals surface area contributed by atoms with Gasteiger partial charge in [0.15, 0.2) is 0 Å². The second-order valence-corrected chi connectivity index (χ2v) is 2.71. The Morgan fingerprint density at radius 3 is 2.07 bits per heavy atom. The topological polar surface area (TPSA) is 55.1 Å². The van der Waals surface area contributed by atoms with Crippen molar-refractivity contribution in [3.63, 3.8) is 0 Å². The van der Waals surface area contributed by atoms with Gasteiger partial charge in [-0.3, -0.25) is 4.79 Å². The van der Waals surface area contributed by atoms with E-state index in [-0.39, 0.29) is 0 Å². The molecular formula is C11H16N2O. The Balaban J connectivity index is 0.000000500. The quantitative estimate of drug-likeness (QED) is 0.687. The molecule has 0 fully saturated rings. The molecule has 1 rings (SSSR count). The standard InChI is InChI=1S/C9H9NO.C2H7N/c1-7(9(10)11)8-5-3-2-4-6-8;1-3-2/h2-6H,1H2,(H2,10,11);3H,1-2H3. The lowest BCUT2D eigenvalue weighted by Crippen LogP contribution is -2.11. The molecular weight excluding hydrogens is 176 g/mol. The second-order valence-electron chi connectivity index (χ2n) is 2.71. The lowest BCUT2D eigenvalue weighted by atomic mass is 10.1. The van der Waals surface area contributed by atoms with Crippen LogP contribution >= 0.6 is 0 Å². The Labute approximate surface area is 84.6 Å². The van der Waals surface area contributed by atoms with Crippen LogP contribution in [0.1, 0.15) is 5.56 Å². The van der Waals surface area contributed by atoms with Crippen molar-refractivity contribution in [2.75, 3.05) is 14.1 Å². The third-order valence-electron chi connectivity index (χ3n) is 1.42. The summed E-state index contributed by atoms with van der Waals surface area (Å²) in [5.74, 6) is -0.476. The van der Waals surface area contributed by atoms with Crippen molar-refractivity contribution in [3.8, 4) is 0 Å². The van der Waals surface area contributed by atoms with Crippen LogP contribution in [0.3, 0.4) is 0 Å². The van der Waals surface area contributed by atoms with Gasteiger partial charge in [-0.1, -0.05) is 36.9 Å². The van der Waals surface area contributed by atoms with Gasteiger partial charge >= 0.3 is 0 Å². The van der Waals surface area contributed by atoms with Gasteiger partial charge in [0, 0.05) is 5.57 Å². The molecule has 0 unspecified atom stereocenters. The SMILES string of the molecule is C=C(C(N)=O)c1ccccc1.CNC. The molecule has 0 bridgehead atoms. The molecule has 1 aromatic rings. The number of carbonyl (C=O) groups excluding carboxylic acids is 1. The zero-order chi connectivity index (χ0) is 11.0. The number of carbonyl (C=O) groups is 1. The van der Waals surface area contributed by atoms with Crippen molar-refractivity contribution >= 4 is 11.5 Å². The third-order valence-corrected chi connectivity index (χ3v) is 1.42. The van der Waals surface area contributed by atoms with E-state index in [9.17, 15) is 4.79 Å². The minimum Gasteiger partial charge on any atom is -0.366 e. The Bertz CT molecular complexity index is 293. The molecule has 0 spiro atoms. The van der Waals surface area contributed by atoms with Crippen LogP contribution in [0.4, 0.5) is 0 Å². The first-order valence-electron chi connectivity index (χ1n) is 4.26. The van der Waals surface area contributed by atoms with E-state index in [2.05, 4.69) is 11.9 Å². The summed E-state index contributed by atoms with van der Waals surface area (Å²) in [6.45, 7) is 3.55. The number of amides is 1. The summed E-state index contributed by atoms with van der Waals surface area (Å²) in [7, 11) is 3.75. The zero-order valence-corrected chi connectivity index (χ0v) is 8.58. The highest BCUT2D eigenvalue weighted by Crippen LogP contribution is 2.09. The maximum atomic E-state index is 10.6. The Morgan fingerprint density at radius 1 is 1.29 bits per heavy atom. The van der Waals surface area contributed by atoms with Crippen molar-refractivity contribution < 1.29 is 4.79 Å². The van der Waals surface area contributed by atoms with E-state index in [0.29, 0.717) is 5.57 Å². The number of hydrogen-bond acceptors (Lipinski definition) is 2. The van der Waals surface area contributed by atoms with Crippen molar-refractivity contribution in [2.45, 2.75) is 0 Å². The molecule has 3 N–H and O–H groups in total. The van der Waals surface area contributed by atoms with Crippen LogP contribution in [0.2, 0.25) is 0 Å². The maximum Gasteiger partial charge on any atom is 0.248 e. The first-order chi connectivity index (χ1) is 6.63.